The number of fused-ring (bicyclic) bond motifs is 1. The van der Waals surface area contributed by atoms with Crippen molar-refractivity contribution in [1.82, 2.24) is 15.6 Å². The Morgan fingerprint density at radius 1 is 1.04 bits per heavy atom. The summed E-state index contributed by atoms with van der Waals surface area (Å²) in [6, 6.07) is 16.9. The molecule has 3 N–H and O–H groups in total. The molecule has 0 spiro atoms. The fourth-order valence-corrected chi connectivity index (χ4v) is 3.03. The average molecular weight is 364 g/mol. The maximum absolute atomic E-state index is 5.43. The second-order valence-electron chi connectivity index (χ2n) is 6.42. The van der Waals surface area contributed by atoms with Crippen molar-refractivity contribution in [3.05, 3.63) is 71.4 Å². The van der Waals surface area contributed by atoms with E-state index < -0.39 is 0 Å². The predicted octanol–water partition coefficient (Wildman–Crippen LogP) is 3.61. The van der Waals surface area contributed by atoms with E-state index in [1.165, 1.54) is 27.6 Å². The summed E-state index contributed by atoms with van der Waals surface area (Å²) < 4.78 is 5.43. The quantitative estimate of drug-likeness (QED) is 0.423. The fourth-order valence-electron chi connectivity index (χ4n) is 3.03. The van der Waals surface area contributed by atoms with E-state index in [1.807, 2.05) is 6.92 Å². The minimum Gasteiger partial charge on any atom is -0.377 e. The smallest absolute Gasteiger partial charge is 0.191 e. The molecule has 5 heteroatoms. The summed E-state index contributed by atoms with van der Waals surface area (Å²) in [6.07, 6.45) is 3.03. The Balaban J connectivity index is 1.45. The van der Waals surface area contributed by atoms with Crippen LogP contribution in [0.1, 0.15) is 23.6 Å². The summed E-state index contributed by atoms with van der Waals surface area (Å²) in [5.74, 6) is 0.813. The maximum atomic E-state index is 5.43. The zero-order valence-electron chi connectivity index (χ0n) is 16.1. The van der Waals surface area contributed by atoms with E-state index in [-0.39, 0.29) is 0 Å². The third kappa shape index (κ3) is 5.34. The minimum absolute atomic E-state index is 0.668. The molecule has 0 aliphatic rings. The molecule has 0 aliphatic heterocycles. The molecule has 0 radical (unpaired) electrons. The van der Waals surface area contributed by atoms with Crippen molar-refractivity contribution in [2.24, 2.45) is 4.99 Å². The fraction of sp³-hybridized carbons (Fsp3) is 0.318. The van der Waals surface area contributed by atoms with Crippen LogP contribution in [0.4, 0.5) is 0 Å². The number of nitrogens with one attached hydrogen (secondary N) is 3. The lowest BCUT2D eigenvalue weighted by molar-refractivity contribution is 0.134. The molecular formula is C22H28N4O. The standard InChI is InChI=1S/C22H28N4O/c1-3-27-16-18-10-8-17(9-11-18)14-26-22(23-2)24-13-12-19-15-25-21-7-5-4-6-20(19)21/h4-11,15,25H,3,12-14,16H2,1-2H3,(H2,23,24,26). The van der Waals surface area contributed by atoms with Gasteiger partial charge < -0.3 is 20.4 Å². The van der Waals surface area contributed by atoms with Gasteiger partial charge in [0.15, 0.2) is 5.96 Å². The molecule has 0 atom stereocenters. The van der Waals surface area contributed by atoms with E-state index >= 15 is 0 Å². The number of hydrogen-bond acceptors (Lipinski definition) is 2. The van der Waals surface area contributed by atoms with Crippen molar-refractivity contribution in [3.8, 4) is 0 Å². The van der Waals surface area contributed by atoms with Crippen molar-refractivity contribution in [2.45, 2.75) is 26.5 Å². The first-order chi connectivity index (χ1) is 13.3. The summed E-state index contributed by atoms with van der Waals surface area (Å²) in [5, 5.41) is 8.04. The first-order valence-electron chi connectivity index (χ1n) is 9.45. The Kier molecular flexibility index (Phi) is 6.88. The Hall–Kier alpha value is -2.79. The molecule has 1 aromatic heterocycles. The van der Waals surface area contributed by atoms with Gasteiger partial charge in [-0.15, -0.1) is 0 Å². The summed E-state index contributed by atoms with van der Waals surface area (Å²) >= 11 is 0. The van der Waals surface area contributed by atoms with Gasteiger partial charge in [-0.3, -0.25) is 4.99 Å². The van der Waals surface area contributed by atoms with Crippen molar-refractivity contribution < 1.29 is 4.74 Å². The number of H-pyrrole nitrogens is 1. The molecule has 0 saturated carbocycles. The van der Waals surface area contributed by atoms with Gasteiger partial charge in [-0.05, 0) is 36.1 Å². The zero-order valence-corrected chi connectivity index (χ0v) is 16.1. The highest BCUT2D eigenvalue weighted by molar-refractivity contribution is 5.83. The first-order valence-corrected chi connectivity index (χ1v) is 9.45. The van der Waals surface area contributed by atoms with Crippen LogP contribution in [-0.4, -0.2) is 31.1 Å². The van der Waals surface area contributed by atoms with Gasteiger partial charge in [-0.25, -0.2) is 0 Å². The second kappa shape index (κ2) is 9.78. The summed E-state index contributed by atoms with van der Waals surface area (Å²) in [5.41, 5.74) is 4.91. The van der Waals surface area contributed by atoms with E-state index in [1.54, 1.807) is 7.05 Å². The van der Waals surface area contributed by atoms with Gasteiger partial charge in [0.25, 0.3) is 0 Å². The molecule has 0 bridgehead atoms. The van der Waals surface area contributed by atoms with Crippen LogP contribution in [0.2, 0.25) is 0 Å². The molecule has 1 heterocycles. The average Bonchev–Trinajstić information content (AvgIpc) is 3.13. The highest BCUT2D eigenvalue weighted by Gasteiger charge is 2.04. The normalized spacial score (nSPS) is 11.7. The van der Waals surface area contributed by atoms with Gasteiger partial charge in [-0.1, -0.05) is 42.5 Å². The van der Waals surface area contributed by atoms with Gasteiger partial charge in [0.05, 0.1) is 6.61 Å². The Labute approximate surface area is 160 Å². The van der Waals surface area contributed by atoms with E-state index in [9.17, 15) is 0 Å². The molecule has 0 saturated heterocycles. The van der Waals surface area contributed by atoms with Gasteiger partial charge >= 0.3 is 0 Å². The monoisotopic (exact) mass is 364 g/mol. The van der Waals surface area contributed by atoms with Gasteiger partial charge in [0, 0.05) is 43.8 Å². The number of aromatic nitrogens is 1. The molecular weight excluding hydrogens is 336 g/mol. The molecule has 2 aromatic carbocycles. The SMILES string of the molecule is CCOCc1ccc(CNC(=NC)NCCc2c[nH]c3ccccc23)cc1. The second-order valence-corrected chi connectivity index (χ2v) is 6.42. The largest absolute Gasteiger partial charge is 0.377 e. The lowest BCUT2D eigenvalue weighted by Crippen LogP contribution is -2.37. The van der Waals surface area contributed by atoms with Gasteiger partial charge in [0.1, 0.15) is 0 Å². The number of ether oxygens (including phenoxy) is 1. The third-order valence-electron chi connectivity index (χ3n) is 4.54. The number of aromatic amines is 1. The van der Waals surface area contributed by atoms with E-state index in [0.717, 1.165) is 32.1 Å². The van der Waals surface area contributed by atoms with E-state index in [0.29, 0.717) is 6.61 Å². The number of nitrogens with zero attached hydrogens (tertiary/aromatic N) is 1. The van der Waals surface area contributed by atoms with E-state index in [4.69, 9.17) is 4.74 Å². The Bertz CT molecular complexity index is 867. The molecule has 5 nitrogen and oxygen atoms in total. The summed E-state index contributed by atoms with van der Waals surface area (Å²) in [7, 11) is 1.80. The summed E-state index contributed by atoms with van der Waals surface area (Å²) in [6.45, 7) is 4.98. The number of hydrogen-bond donors (Lipinski definition) is 3. The maximum Gasteiger partial charge on any atom is 0.191 e. The van der Waals surface area contributed by atoms with Gasteiger partial charge in [-0.2, -0.15) is 0 Å². The predicted molar refractivity (Wildman–Crippen MR) is 112 cm³/mol. The van der Waals surface area contributed by atoms with Crippen LogP contribution in [0, 0.1) is 0 Å². The highest BCUT2D eigenvalue weighted by atomic mass is 16.5. The molecule has 3 aromatic rings. The highest BCUT2D eigenvalue weighted by Crippen LogP contribution is 2.17. The van der Waals surface area contributed by atoms with Crippen molar-refractivity contribution in [2.75, 3.05) is 20.2 Å². The lowest BCUT2D eigenvalue weighted by Gasteiger charge is -2.12. The summed E-state index contributed by atoms with van der Waals surface area (Å²) in [4.78, 5) is 7.63. The first kappa shape index (κ1) is 19.0. The number of rotatable bonds is 8. The Morgan fingerprint density at radius 2 is 1.81 bits per heavy atom. The number of benzene rings is 2. The molecule has 0 amide bonds. The van der Waals surface area contributed by atoms with Crippen LogP contribution in [0.25, 0.3) is 10.9 Å². The van der Waals surface area contributed by atoms with Crippen molar-refractivity contribution in [1.29, 1.82) is 0 Å². The number of aliphatic imine (C=N–C) groups is 1. The van der Waals surface area contributed by atoms with Crippen LogP contribution < -0.4 is 10.6 Å². The molecule has 0 aliphatic carbocycles. The Morgan fingerprint density at radius 3 is 2.59 bits per heavy atom. The molecule has 0 unspecified atom stereocenters. The van der Waals surface area contributed by atoms with Crippen molar-refractivity contribution in [3.63, 3.8) is 0 Å². The lowest BCUT2D eigenvalue weighted by atomic mass is 10.1. The minimum atomic E-state index is 0.668. The third-order valence-corrected chi connectivity index (χ3v) is 4.54. The van der Waals surface area contributed by atoms with Crippen LogP contribution in [0.5, 0.6) is 0 Å². The number of para-hydroxylation sites is 1. The molecule has 3 rings (SSSR count). The zero-order chi connectivity index (χ0) is 18.9. The van der Waals surface area contributed by atoms with E-state index in [2.05, 4.69) is 75.3 Å². The molecule has 0 fully saturated rings. The van der Waals surface area contributed by atoms with Gasteiger partial charge in [0.2, 0.25) is 0 Å². The van der Waals surface area contributed by atoms with Crippen molar-refractivity contribution >= 4 is 16.9 Å². The topological polar surface area (TPSA) is 61.4 Å². The van der Waals surface area contributed by atoms with Crippen LogP contribution >= 0.6 is 0 Å². The van der Waals surface area contributed by atoms with Crippen LogP contribution in [0.3, 0.4) is 0 Å². The van der Waals surface area contributed by atoms with Crippen LogP contribution in [0.15, 0.2) is 59.7 Å². The molecule has 27 heavy (non-hydrogen) atoms. The van der Waals surface area contributed by atoms with Crippen LogP contribution in [-0.2, 0) is 24.3 Å². The molecule has 142 valence electrons. The number of guanidine groups is 1.